The summed E-state index contributed by atoms with van der Waals surface area (Å²) in [5, 5.41) is 3.34. The lowest BCUT2D eigenvalue weighted by Gasteiger charge is -2.39. The number of carbonyl (C=O) groups excluding carboxylic acids is 1. The van der Waals surface area contributed by atoms with E-state index in [2.05, 4.69) is 19.2 Å². The monoisotopic (exact) mass is 236 g/mol. The molecule has 1 aromatic carbocycles. The molecule has 0 atom stereocenters. The minimum Gasteiger partial charge on any atom is -0.336 e. The predicted molar refractivity (Wildman–Crippen MR) is 64.4 cm³/mol. The van der Waals surface area contributed by atoms with Crippen LogP contribution in [-0.4, -0.2) is 36.0 Å². The van der Waals surface area contributed by atoms with Crippen molar-refractivity contribution in [3.05, 3.63) is 35.6 Å². The average molecular weight is 236 g/mol. The van der Waals surface area contributed by atoms with E-state index in [0.29, 0.717) is 18.7 Å². The van der Waals surface area contributed by atoms with E-state index in [4.69, 9.17) is 0 Å². The Bertz CT molecular complexity index is 431. The summed E-state index contributed by atoms with van der Waals surface area (Å²) < 4.78 is 13.1. The van der Waals surface area contributed by atoms with E-state index < -0.39 is 0 Å². The van der Waals surface area contributed by atoms with E-state index in [9.17, 15) is 9.18 Å². The number of rotatable bonds is 1. The normalized spacial score (nSPS) is 19.1. The van der Waals surface area contributed by atoms with Gasteiger partial charge in [-0.3, -0.25) is 4.79 Å². The summed E-state index contributed by atoms with van der Waals surface area (Å²) in [5.41, 5.74) is 0.337. The maximum Gasteiger partial charge on any atom is 0.254 e. The standard InChI is InChI=1S/C13H17FN2O/c1-13(2)9-16(7-6-15-13)12(17)10-4-3-5-11(14)8-10/h3-5,8,15H,6-7,9H2,1-2H3. The number of benzene rings is 1. The molecule has 1 aliphatic rings. The highest BCUT2D eigenvalue weighted by molar-refractivity contribution is 5.94. The third-order valence-electron chi connectivity index (χ3n) is 2.93. The van der Waals surface area contributed by atoms with Crippen molar-refractivity contribution in [3.63, 3.8) is 0 Å². The summed E-state index contributed by atoms with van der Waals surface area (Å²) in [7, 11) is 0. The predicted octanol–water partition coefficient (Wildman–Crippen LogP) is 1.65. The van der Waals surface area contributed by atoms with E-state index in [1.54, 1.807) is 17.0 Å². The van der Waals surface area contributed by atoms with Crippen LogP contribution in [-0.2, 0) is 0 Å². The minimum atomic E-state index is -0.370. The fraction of sp³-hybridized carbons (Fsp3) is 0.462. The van der Waals surface area contributed by atoms with Gasteiger partial charge in [0.05, 0.1) is 0 Å². The Morgan fingerprint density at radius 2 is 2.24 bits per heavy atom. The van der Waals surface area contributed by atoms with Gasteiger partial charge in [0, 0.05) is 30.7 Å². The number of amides is 1. The Kier molecular flexibility index (Phi) is 3.15. The Hall–Kier alpha value is -1.42. The van der Waals surface area contributed by atoms with E-state index in [1.165, 1.54) is 12.1 Å². The van der Waals surface area contributed by atoms with Gasteiger partial charge in [-0.2, -0.15) is 0 Å². The third-order valence-corrected chi connectivity index (χ3v) is 2.93. The minimum absolute atomic E-state index is 0.0821. The molecule has 0 bridgehead atoms. The van der Waals surface area contributed by atoms with Crippen LogP contribution < -0.4 is 5.32 Å². The molecule has 0 radical (unpaired) electrons. The van der Waals surface area contributed by atoms with Gasteiger partial charge in [0.2, 0.25) is 0 Å². The van der Waals surface area contributed by atoms with Crippen LogP contribution in [0.15, 0.2) is 24.3 Å². The SMILES string of the molecule is CC1(C)CN(C(=O)c2cccc(F)c2)CCN1. The van der Waals surface area contributed by atoms with Gasteiger partial charge in [0.15, 0.2) is 0 Å². The topological polar surface area (TPSA) is 32.3 Å². The third kappa shape index (κ3) is 2.82. The Labute approximate surface area is 101 Å². The van der Waals surface area contributed by atoms with Crippen LogP contribution in [0.4, 0.5) is 4.39 Å². The summed E-state index contributed by atoms with van der Waals surface area (Å²) >= 11 is 0. The zero-order valence-corrected chi connectivity index (χ0v) is 10.2. The zero-order valence-electron chi connectivity index (χ0n) is 10.2. The molecule has 0 aliphatic carbocycles. The highest BCUT2D eigenvalue weighted by Gasteiger charge is 2.29. The van der Waals surface area contributed by atoms with Gasteiger partial charge < -0.3 is 10.2 Å². The maximum atomic E-state index is 13.1. The number of nitrogens with one attached hydrogen (secondary N) is 1. The van der Waals surface area contributed by atoms with Crippen molar-refractivity contribution in [3.8, 4) is 0 Å². The fourth-order valence-corrected chi connectivity index (χ4v) is 2.12. The zero-order chi connectivity index (χ0) is 12.5. The molecular formula is C13H17FN2O. The van der Waals surface area contributed by atoms with Crippen molar-refractivity contribution in [1.29, 1.82) is 0 Å². The number of hydrogen-bond acceptors (Lipinski definition) is 2. The lowest BCUT2D eigenvalue weighted by molar-refractivity contribution is 0.0651. The summed E-state index contributed by atoms with van der Waals surface area (Å²) in [4.78, 5) is 13.9. The van der Waals surface area contributed by atoms with Crippen molar-refractivity contribution in [2.75, 3.05) is 19.6 Å². The smallest absolute Gasteiger partial charge is 0.254 e. The van der Waals surface area contributed by atoms with Crippen molar-refractivity contribution < 1.29 is 9.18 Å². The maximum absolute atomic E-state index is 13.1. The van der Waals surface area contributed by atoms with Gasteiger partial charge in [-0.05, 0) is 32.0 Å². The quantitative estimate of drug-likeness (QED) is 0.804. The van der Waals surface area contributed by atoms with Crippen LogP contribution in [0.3, 0.4) is 0 Å². The van der Waals surface area contributed by atoms with Crippen LogP contribution in [0, 0.1) is 5.82 Å². The lowest BCUT2D eigenvalue weighted by Crippen LogP contribution is -2.58. The first kappa shape index (κ1) is 12.0. The Morgan fingerprint density at radius 1 is 1.47 bits per heavy atom. The molecule has 1 aliphatic heterocycles. The van der Waals surface area contributed by atoms with Crippen molar-refractivity contribution >= 4 is 5.91 Å². The second-order valence-corrected chi connectivity index (χ2v) is 5.05. The summed E-state index contributed by atoms with van der Waals surface area (Å²) in [5.74, 6) is -0.468. The molecule has 1 saturated heterocycles. The van der Waals surface area contributed by atoms with E-state index in [0.717, 1.165) is 6.54 Å². The molecule has 2 rings (SSSR count). The Morgan fingerprint density at radius 3 is 2.88 bits per heavy atom. The molecule has 0 unspecified atom stereocenters. The van der Waals surface area contributed by atoms with Crippen LogP contribution in [0.5, 0.6) is 0 Å². The number of hydrogen-bond donors (Lipinski definition) is 1. The molecule has 17 heavy (non-hydrogen) atoms. The number of nitrogens with zero attached hydrogens (tertiary/aromatic N) is 1. The molecular weight excluding hydrogens is 219 g/mol. The van der Waals surface area contributed by atoms with E-state index in [1.807, 2.05) is 0 Å². The van der Waals surface area contributed by atoms with E-state index >= 15 is 0 Å². The van der Waals surface area contributed by atoms with Crippen molar-refractivity contribution in [1.82, 2.24) is 10.2 Å². The molecule has 1 N–H and O–H groups in total. The average Bonchev–Trinajstić information content (AvgIpc) is 2.26. The van der Waals surface area contributed by atoms with Gasteiger partial charge in [-0.15, -0.1) is 0 Å². The van der Waals surface area contributed by atoms with Gasteiger partial charge in [-0.1, -0.05) is 6.07 Å². The first-order valence-corrected chi connectivity index (χ1v) is 5.78. The summed E-state index contributed by atoms with van der Waals surface area (Å²) in [6, 6.07) is 5.85. The number of halogens is 1. The molecule has 3 nitrogen and oxygen atoms in total. The highest BCUT2D eigenvalue weighted by atomic mass is 19.1. The number of piperazine rings is 1. The van der Waals surface area contributed by atoms with Crippen LogP contribution >= 0.6 is 0 Å². The van der Waals surface area contributed by atoms with Crippen LogP contribution in [0.25, 0.3) is 0 Å². The molecule has 1 amide bonds. The largest absolute Gasteiger partial charge is 0.336 e. The molecule has 1 aromatic rings. The second-order valence-electron chi connectivity index (χ2n) is 5.05. The molecule has 92 valence electrons. The molecule has 1 fully saturated rings. The Balaban J connectivity index is 2.15. The van der Waals surface area contributed by atoms with Crippen molar-refractivity contribution in [2.24, 2.45) is 0 Å². The van der Waals surface area contributed by atoms with E-state index in [-0.39, 0.29) is 17.3 Å². The molecule has 0 saturated carbocycles. The first-order chi connectivity index (χ1) is 7.98. The van der Waals surface area contributed by atoms with Crippen LogP contribution in [0.1, 0.15) is 24.2 Å². The van der Waals surface area contributed by atoms with Crippen molar-refractivity contribution in [2.45, 2.75) is 19.4 Å². The highest BCUT2D eigenvalue weighted by Crippen LogP contribution is 2.14. The number of carbonyl (C=O) groups is 1. The van der Waals surface area contributed by atoms with Gasteiger partial charge in [0.1, 0.15) is 5.82 Å². The molecule has 4 heteroatoms. The summed E-state index contributed by atoms with van der Waals surface area (Å²) in [6.45, 7) is 6.19. The van der Waals surface area contributed by atoms with Crippen LogP contribution in [0.2, 0.25) is 0 Å². The fourth-order valence-electron chi connectivity index (χ4n) is 2.12. The molecule has 0 spiro atoms. The van der Waals surface area contributed by atoms with Gasteiger partial charge in [-0.25, -0.2) is 4.39 Å². The van der Waals surface area contributed by atoms with Gasteiger partial charge in [0.25, 0.3) is 5.91 Å². The van der Waals surface area contributed by atoms with Gasteiger partial charge >= 0.3 is 0 Å². The lowest BCUT2D eigenvalue weighted by atomic mass is 10.0. The first-order valence-electron chi connectivity index (χ1n) is 5.78. The molecule has 1 heterocycles. The molecule has 0 aromatic heterocycles. The second kappa shape index (κ2) is 4.45. The summed E-state index contributed by atoms with van der Waals surface area (Å²) in [6.07, 6.45) is 0.